The molecule has 2 N–H and O–H groups in total. The van der Waals surface area contributed by atoms with Crippen molar-refractivity contribution in [1.82, 2.24) is 14.7 Å². The molecule has 0 aliphatic carbocycles. The molecule has 2 aromatic heterocycles. The van der Waals surface area contributed by atoms with Gasteiger partial charge in [0.15, 0.2) is 0 Å². The maximum Gasteiger partial charge on any atom is 0.209 e. The Balaban J connectivity index is 1.61. The molecule has 1 saturated heterocycles. The van der Waals surface area contributed by atoms with Crippen LogP contribution in [-0.4, -0.2) is 44.0 Å². The second kappa shape index (κ2) is 7.90. The molecule has 3 heterocycles. The number of H-pyrrole nitrogens is 1. The van der Waals surface area contributed by atoms with Gasteiger partial charge in [-0.25, -0.2) is 18.1 Å². The van der Waals surface area contributed by atoms with E-state index in [0.717, 1.165) is 65.8 Å². The number of sulfonamides is 1. The van der Waals surface area contributed by atoms with Gasteiger partial charge in [0, 0.05) is 37.3 Å². The molecule has 3 aromatic rings. The fraction of sp³-hybridized carbons (Fsp3) is 0.350. The minimum atomic E-state index is -3.21. The maximum atomic E-state index is 11.3. The predicted octanol–water partition coefficient (Wildman–Crippen LogP) is 2.84. The summed E-state index contributed by atoms with van der Waals surface area (Å²) in [6.07, 6.45) is 6.74. The van der Waals surface area contributed by atoms with Crippen LogP contribution >= 0.6 is 0 Å². The minimum absolute atomic E-state index is 0.145. The lowest BCUT2D eigenvalue weighted by molar-refractivity contribution is 0.0262. The van der Waals surface area contributed by atoms with Crippen LogP contribution in [0.25, 0.3) is 22.2 Å². The highest BCUT2D eigenvalue weighted by Crippen LogP contribution is 2.35. The Morgan fingerprint density at radius 1 is 1.21 bits per heavy atom. The molecule has 0 atom stereocenters. The summed E-state index contributed by atoms with van der Waals surface area (Å²) in [5, 5.41) is 0.955. The molecule has 1 fully saturated rings. The van der Waals surface area contributed by atoms with Crippen molar-refractivity contribution in [2.45, 2.75) is 25.5 Å². The van der Waals surface area contributed by atoms with Crippen LogP contribution in [0, 0.1) is 0 Å². The van der Waals surface area contributed by atoms with Crippen molar-refractivity contribution in [2.24, 2.45) is 0 Å². The molecule has 0 spiro atoms. The minimum Gasteiger partial charge on any atom is -0.489 e. The lowest BCUT2D eigenvalue weighted by atomic mass is 10.0. The van der Waals surface area contributed by atoms with Gasteiger partial charge in [-0.15, -0.1) is 0 Å². The quantitative estimate of drug-likeness (QED) is 0.662. The van der Waals surface area contributed by atoms with Crippen molar-refractivity contribution in [3.8, 4) is 16.9 Å². The van der Waals surface area contributed by atoms with Crippen molar-refractivity contribution in [1.29, 1.82) is 0 Å². The van der Waals surface area contributed by atoms with E-state index in [0.29, 0.717) is 0 Å². The average Bonchev–Trinajstić information content (AvgIpc) is 3.12. The molecule has 0 radical (unpaired) electrons. The molecule has 28 heavy (non-hydrogen) atoms. The molecule has 0 amide bonds. The van der Waals surface area contributed by atoms with Crippen LogP contribution in [0.1, 0.15) is 18.4 Å². The Labute approximate surface area is 164 Å². The summed E-state index contributed by atoms with van der Waals surface area (Å²) in [7, 11) is -3.21. The first kappa shape index (κ1) is 18.9. The van der Waals surface area contributed by atoms with Gasteiger partial charge in [-0.2, -0.15) is 0 Å². The number of nitrogens with zero attached hydrogens (tertiary/aromatic N) is 1. The van der Waals surface area contributed by atoms with E-state index in [1.807, 2.05) is 36.5 Å². The molecule has 8 heteroatoms. The smallest absolute Gasteiger partial charge is 0.209 e. The third-order valence-electron chi connectivity index (χ3n) is 4.80. The summed E-state index contributed by atoms with van der Waals surface area (Å²) in [4.78, 5) is 7.63. The lowest BCUT2D eigenvalue weighted by Gasteiger charge is -2.23. The molecule has 0 saturated carbocycles. The fourth-order valence-electron chi connectivity index (χ4n) is 3.34. The van der Waals surface area contributed by atoms with Crippen LogP contribution < -0.4 is 9.46 Å². The Hall–Kier alpha value is -2.42. The molecule has 4 rings (SSSR count). The van der Waals surface area contributed by atoms with Gasteiger partial charge in [-0.1, -0.05) is 24.3 Å². The zero-order chi connectivity index (χ0) is 19.6. The summed E-state index contributed by atoms with van der Waals surface area (Å²) < 4.78 is 36.7. The largest absolute Gasteiger partial charge is 0.489 e. The number of rotatable bonds is 6. The number of benzene rings is 1. The van der Waals surface area contributed by atoms with E-state index in [1.165, 1.54) is 0 Å². The zero-order valence-corrected chi connectivity index (χ0v) is 16.5. The number of aromatic amines is 1. The molecule has 1 aliphatic rings. The molecule has 1 aromatic carbocycles. The zero-order valence-electron chi connectivity index (χ0n) is 15.6. The normalized spacial score (nSPS) is 15.8. The summed E-state index contributed by atoms with van der Waals surface area (Å²) in [6, 6.07) is 9.70. The molecule has 0 unspecified atom stereocenters. The van der Waals surface area contributed by atoms with E-state index >= 15 is 0 Å². The number of fused-ring (bicyclic) bond motifs is 1. The van der Waals surface area contributed by atoms with E-state index in [2.05, 4.69) is 14.7 Å². The first-order chi connectivity index (χ1) is 13.5. The molecule has 0 bridgehead atoms. The highest BCUT2D eigenvalue weighted by atomic mass is 32.2. The summed E-state index contributed by atoms with van der Waals surface area (Å²) >= 11 is 0. The average molecular weight is 401 g/mol. The molecule has 148 valence electrons. The number of nitrogens with one attached hydrogen (secondary N) is 2. The van der Waals surface area contributed by atoms with Gasteiger partial charge >= 0.3 is 0 Å². The van der Waals surface area contributed by atoms with E-state index in [-0.39, 0.29) is 12.6 Å². The van der Waals surface area contributed by atoms with Crippen LogP contribution in [0.5, 0.6) is 5.75 Å². The Bertz CT molecular complexity index is 1050. The second-order valence-corrected chi connectivity index (χ2v) is 8.79. The predicted molar refractivity (Wildman–Crippen MR) is 108 cm³/mol. The Morgan fingerprint density at radius 3 is 2.68 bits per heavy atom. The maximum absolute atomic E-state index is 11.3. The van der Waals surface area contributed by atoms with Crippen molar-refractivity contribution in [3.63, 3.8) is 0 Å². The van der Waals surface area contributed by atoms with E-state index in [1.54, 1.807) is 6.20 Å². The fourth-order valence-corrected chi connectivity index (χ4v) is 3.77. The van der Waals surface area contributed by atoms with Crippen molar-refractivity contribution in [2.75, 3.05) is 19.5 Å². The van der Waals surface area contributed by atoms with Crippen LogP contribution in [-0.2, 0) is 21.3 Å². The summed E-state index contributed by atoms with van der Waals surface area (Å²) in [5.74, 6) is 0.816. The summed E-state index contributed by atoms with van der Waals surface area (Å²) in [5.41, 5.74) is 3.69. The second-order valence-electron chi connectivity index (χ2n) is 6.95. The van der Waals surface area contributed by atoms with Crippen molar-refractivity contribution < 1.29 is 17.9 Å². The number of hydrogen-bond acceptors (Lipinski definition) is 5. The van der Waals surface area contributed by atoms with Crippen molar-refractivity contribution in [3.05, 3.63) is 48.3 Å². The number of hydrogen-bond donors (Lipinski definition) is 2. The first-order valence-corrected chi connectivity index (χ1v) is 11.1. The lowest BCUT2D eigenvalue weighted by Crippen LogP contribution is -2.25. The van der Waals surface area contributed by atoms with E-state index in [9.17, 15) is 8.42 Å². The van der Waals surface area contributed by atoms with Crippen LogP contribution in [0.15, 0.2) is 42.7 Å². The van der Waals surface area contributed by atoms with Gasteiger partial charge in [-0.05, 0) is 17.2 Å². The standard InChI is InChI=1S/C20H23N3O4S/c1-28(24,25)23-12-14-2-4-15(5-3-14)17-13-22-20-19(17)18(6-9-21-20)27-16-7-10-26-11-8-16/h2-6,9,13,16,23H,7-8,10-12H2,1H3,(H,21,22). The van der Waals surface area contributed by atoms with Gasteiger partial charge in [0.2, 0.25) is 10.0 Å². The molecular weight excluding hydrogens is 378 g/mol. The van der Waals surface area contributed by atoms with Gasteiger partial charge in [0.1, 0.15) is 17.5 Å². The Kier molecular flexibility index (Phi) is 5.34. The van der Waals surface area contributed by atoms with Gasteiger partial charge < -0.3 is 14.5 Å². The van der Waals surface area contributed by atoms with Gasteiger partial charge in [0.05, 0.1) is 24.9 Å². The monoisotopic (exact) mass is 401 g/mol. The molecular formula is C20H23N3O4S. The number of ether oxygens (including phenoxy) is 2. The molecule has 1 aliphatic heterocycles. The summed E-state index contributed by atoms with van der Waals surface area (Å²) in [6.45, 7) is 1.72. The molecule has 7 nitrogen and oxygen atoms in total. The SMILES string of the molecule is CS(=O)(=O)NCc1ccc(-c2c[nH]c3nccc(OC4CCOCC4)c23)cc1. The highest BCUT2D eigenvalue weighted by molar-refractivity contribution is 7.88. The van der Waals surface area contributed by atoms with E-state index in [4.69, 9.17) is 9.47 Å². The number of aromatic nitrogens is 2. The number of pyridine rings is 1. The van der Waals surface area contributed by atoms with Crippen LogP contribution in [0.4, 0.5) is 0 Å². The van der Waals surface area contributed by atoms with E-state index < -0.39 is 10.0 Å². The van der Waals surface area contributed by atoms with Crippen LogP contribution in [0.3, 0.4) is 0 Å². The first-order valence-electron chi connectivity index (χ1n) is 9.24. The topological polar surface area (TPSA) is 93.3 Å². The van der Waals surface area contributed by atoms with Crippen LogP contribution in [0.2, 0.25) is 0 Å². The third kappa shape index (κ3) is 4.35. The third-order valence-corrected chi connectivity index (χ3v) is 5.47. The highest BCUT2D eigenvalue weighted by Gasteiger charge is 2.19. The van der Waals surface area contributed by atoms with Gasteiger partial charge in [0.25, 0.3) is 0 Å². The van der Waals surface area contributed by atoms with Gasteiger partial charge in [-0.3, -0.25) is 0 Å². The Morgan fingerprint density at radius 2 is 1.96 bits per heavy atom. The van der Waals surface area contributed by atoms with Crippen molar-refractivity contribution >= 4 is 21.1 Å².